The van der Waals surface area contributed by atoms with E-state index in [1.807, 2.05) is 12.1 Å². The Morgan fingerprint density at radius 3 is 3.00 bits per heavy atom. The number of methoxy groups -OCH3 is 1. The van der Waals surface area contributed by atoms with Crippen LogP contribution in [0.25, 0.3) is 0 Å². The first-order valence-electron chi connectivity index (χ1n) is 4.57. The number of hydrogen-bond donors (Lipinski definition) is 1. The van der Waals surface area contributed by atoms with Gasteiger partial charge in [0.05, 0.1) is 18.8 Å². The summed E-state index contributed by atoms with van der Waals surface area (Å²) in [5.74, 6) is 1.42. The van der Waals surface area contributed by atoms with Crippen molar-refractivity contribution in [3.8, 4) is 5.75 Å². The molecule has 3 heteroatoms. The molecule has 2 rings (SSSR count). The molecule has 0 saturated heterocycles. The summed E-state index contributed by atoms with van der Waals surface area (Å²) in [6.45, 7) is 0. The number of pyridine rings is 1. The van der Waals surface area contributed by atoms with Gasteiger partial charge in [0.25, 0.3) is 0 Å². The average molecular weight is 178 g/mol. The molecule has 0 amide bonds. The quantitative estimate of drug-likeness (QED) is 0.763. The van der Waals surface area contributed by atoms with Gasteiger partial charge in [0, 0.05) is 6.20 Å². The molecule has 0 radical (unpaired) electrons. The third-order valence-corrected chi connectivity index (χ3v) is 2.47. The SMILES string of the molecule is COc1cccnc1C(N)C1CC1. The van der Waals surface area contributed by atoms with E-state index in [-0.39, 0.29) is 6.04 Å². The molecule has 1 atom stereocenters. The monoisotopic (exact) mass is 178 g/mol. The Bertz CT molecular complexity index is 297. The van der Waals surface area contributed by atoms with Gasteiger partial charge in [0.1, 0.15) is 5.75 Å². The molecule has 1 aromatic heterocycles. The minimum Gasteiger partial charge on any atom is -0.495 e. The first-order chi connectivity index (χ1) is 6.33. The number of nitrogens with two attached hydrogens (primary N) is 1. The highest BCUT2D eigenvalue weighted by Crippen LogP contribution is 2.40. The fourth-order valence-corrected chi connectivity index (χ4v) is 1.50. The lowest BCUT2D eigenvalue weighted by atomic mass is 10.1. The summed E-state index contributed by atoms with van der Waals surface area (Å²) in [6.07, 6.45) is 4.21. The zero-order valence-electron chi connectivity index (χ0n) is 7.73. The lowest BCUT2D eigenvalue weighted by molar-refractivity contribution is 0.398. The molecular weight excluding hydrogens is 164 g/mol. The van der Waals surface area contributed by atoms with Crippen LogP contribution < -0.4 is 10.5 Å². The molecule has 1 fully saturated rings. The van der Waals surface area contributed by atoms with Crippen molar-refractivity contribution in [2.45, 2.75) is 18.9 Å². The second-order valence-electron chi connectivity index (χ2n) is 3.45. The van der Waals surface area contributed by atoms with E-state index >= 15 is 0 Å². The molecule has 1 aliphatic rings. The highest BCUT2D eigenvalue weighted by molar-refractivity contribution is 5.30. The molecule has 1 saturated carbocycles. The van der Waals surface area contributed by atoms with Crippen LogP contribution in [0.4, 0.5) is 0 Å². The molecule has 1 heterocycles. The van der Waals surface area contributed by atoms with Crippen molar-refractivity contribution in [2.24, 2.45) is 11.7 Å². The van der Waals surface area contributed by atoms with Gasteiger partial charge in [-0.3, -0.25) is 4.98 Å². The summed E-state index contributed by atoms with van der Waals surface area (Å²) in [5.41, 5.74) is 6.93. The third-order valence-electron chi connectivity index (χ3n) is 2.47. The number of nitrogens with zero attached hydrogens (tertiary/aromatic N) is 1. The van der Waals surface area contributed by atoms with Crippen LogP contribution in [0.3, 0.4) is 0 Å². The number of hydrogen-bond acceptors (Lipinski definition) is 3. The fraction of sp³-hybridized carbons (Fsp3) is 0.500. The van der Waals surface area contributed by atoms with Gasteiger partial charge in [-0.15, -0.1) is 0 Å². The standard InChI is InChI=1S/C10H14N2O/c1-13-8-3-2-6-12-10(8)9(11)7-4-5-7/h2-3,6-7,9H,4-5,11H2,1H3. The van der Waals surface area contributed by atoms with Gasteiger partial charge in [0.15, 0.2) is 0 Å². The Labute approximate surface area is 77.9 Å². The van der Waals surface area contributed by atoms with Crippen molar-refractivity contribution in [2.75, 3.05) is 7.11 Å². The summed E-state index contributed by atoms with van der Waals surface area (Å²) in [5, 5.41) is 0. The molecule has 70 valence electrons. The van der Waals surface area contributed by atoms with Gasteiger partial charge in [-0.05, 0) is 30.9 Å². The van der Waals surface area contributed by atoms with E-state index < -0.39 is 0 Å². The Morgan fingerprint density at radius 2 is 2.38 bits per heavy atom. The zero-order chi connectivity index (χ0) is 9.26. The lowest BCUT2D eigenvalue weighted by Gasteiger charge is -2.12. The molecule has 0 aliphatic heterocycles. The maximum absolute atomic E-state index is 6.03. The van der Waals surface area contributed by atoms with Gasteiger partial charge in [-0.1, -0.05) is 0 Å². The van der Waals surface area contributed by atoms with Crippen molar-refractivity contribution in [3.05, 3.63) is 24.0 Å². The molecule has 0 spiro atoms. The molecule has 0 aromatic carbocycles. The maximum atomic E-state index is 6.03. The van der Waals surface area contributed by atoms with Gasteiger partial charge in [-0.25, -0.2) is 0 Å². The predicted molar refractivity (Wildman–Crippen MR) is 50.4 cm³/mol. The second-order valence-corrected chi connectivity index (χ2v) is 3.45. The van der Waals surface area contributed by atoms with Crippen LogP contribution in [-0.4, -0.2) is 12.1 Å². The van der Waals surface area contributed by atoms with E-state index in [9.17, 15) is 0 Å². The number of rotatable bonds is 3. The van der Waals surface area contributed by atoms with E-state index in [1.54, 1.807) is 13.3 Å². The number of aromatic nitrogens is 1. The van der Waals surface area contributed by atoms with E-state index in [0.717, 1.165) is 11.4 Å². The van der Waals surface area contributed by atoms with Crippen LogP contribution in [0, 0.1) is 5.92 Å². The summed E-state index contributed by atoms with van der Waals surface area (Å²) >= 11 is 0. The first-order valence-corrected chi connectivity index (χ1v) is 4.57. The van der Waals surface area contributed by atoms with Crippen LogP contribution in [0.15, 0.2) is 18.3 Å². The topological polar surface area (TPSA) is 48.1 Å². The minimum absolute atomic E-state index is 0.0520. The largest absolute Gasteiger partial charge is 0.495 e. The molecule has 3 nitrogen and oxygen atoms in total. The van der Waals surface area contributed by atoms with Gasteiger partial charge >= 0.3 is 0 Å². The van der Waals surface area contributed by atoms with Gasteiger partial charge < -0.3 is 10.5 Å². The van der Waals surface area contributed by atoms with Crippen LogP contribution in [0.5, 0.6) is 5.75 Å². The molecule has 1 aromatic rings. The van der Waals surface area contributed by atoms with E-state index in [4.69, 9.17) is 10.5 Å². The highest BCUT2D eigenvalue weighted by Gasteiger charge is 2.31. The zero-order valence-corrected chi connectivity index (χ0v) is 7.73. The Balaban J connectivity index is 2.26. The molecule has 13 heavy (non-hydrogen) atoms. The van der Waals surface area contributed by atoms with Crippen molar-refractivity contribution in [1.82, 2.24) is 4.98 Å². The van der Waals surface area contributed by atoms with Crippen molar-refractivity contribution >= 4 is 0 Å². The first kappa shape index (κ1) is 8.51. The van der Waals surface area contributed by atoms with E-state index in [2.05, 4.69) is 4.98 Å². The summed E-state index contributed by atoms with van der Waals surface area (Å²) in [6, 6.07) is 3.82. The van der Waals surface area contributed by atoms with Crippen LogP contribution >= 0.6 is 0 Å². The normalized spacial score (nSPS) is 18.3. The van der Waals surface area contributed by atoms with E-state index in [0.29, 0.717) is 5.92 Å². The fourth-order valence-electron chi connectivity index (χ4n) is 1.50. The molecular formula is C10H14N2O. The van der Waals surface area contributed by atoms with Crippen molar-refractivity contribution in [3.63, 3.8) is 0 Å². The Kier molecular flexibility index (Phi) is 2.19. The van der Waals surface area contributed by atoms with Gasteiger partial charge in [-0.2, -0.15) is 0 Å². The summed E-state index contributed by atoms with van der Waals surface area (Å²) in [4.78, 5) is 4.26. The Morgan fingerprint density at radius 1 is 1.62 bits per heavy atom. The number of ether oxygens (including phenoxy) is 1. The third kappa shape index (κ3) is 1.65. The predicted octanol–water partition coefficient (Wildman–Crippen LogP) is 1.50. The van der Waals surface area contributed by atoms with E-state index in [1.165, 1.54) is 12.8 Å². The second kappa shape index (κ2) is 3.34. The summed E-state index contributed by atoms with van der Waals surface area (Å²) < 4.78 is 5.20. The molecule has 0 bridgehead atoms. The van der Waals surface area contributed by atoms with Crippen LogP contribution in [0.2, 0.25) is 0 Å². The average Bonchev–Trinajstić information content (AvgIpc) is 3.00. The smallest absolute Gasteiger partial charge is 0.141 e. The lowest BCUT2D eigenvalue weighted by Crippen LogP contribution is -2.15. The van der Waals surface area contributed by atoms with Gasteiger partial charge in [0.2, 0.25) is 0 Å². The van der Waals surface area contributed by atoms with Crippen LogP contribution in [0.1, 0.15) is 24.6 Å². The molecule has 2 N–H and O–H groups in total. The van der Waals surface area contributed by atoms with Crippen LogP contribution in [-0.2, 0) is 0 Å². The Hall–Kier alpha value is -1.09. The highest BCUT2D eigenvalue weighted by atomic mass is 16.5. The molecule has 1 unspecified atom stereocenters. The molecule has 1 aliphatic carbocycles. The minimum atomic E-state index is 0.0520. The van der Waals surface area contributed by atoms with Crippen molar-refractivity contribution in [1.29, 1.82) is 0 Å². The van der Waals surface area contributed by atoms with Crippen molar-refractivity contribution < 1.29 is 4.74 Å². The summed E-state index contributed by atoms with van der Waals surface area (Å²) in [7, 11) is 1.65. The maximum Gasteiger partial charge on any atom is 0.141 e.